The number of aliphatic hydroxyl groups excluding tert-OH is 2. The molecule has 0 saturated heterocycles. The molecular weight excluding hydrogens is 360 g/mol. The van der Waals surface area contributed by atoms with Crippen LogP contribution < -0.4 is 0 Å². The van der Waals surface area contributed by atoms with Gasteiger partial charge in [-0.2, -0.15) is 0 Å². The lowest BCUT2D eigenvalue weighted by molar-refractivity contribution is 0.0609. The Hall–Kier alpha value is -1.34. The van der Waals surface area contributed by atoms with Crippen LogP contribution >= 0.6 is 0 Å². The van der Waals surface area contributed by atoms with Crippen molar-refractivity contribution >= 4 is 0 Å². The van der Waals surface area contributed by atoms with E-state index in [2.05, 4.69) is 43.9 Å². The van der Waals surface area contributed by atoms with Crippen LogP contribution in [0, 0.1) is 29.1 Å². The Bertz CT molecular complexity index is 743. The van der Waals surface area contributed by atoms with Crippen LogP contribution in [0.25, 0.3) is 0 Å². The molecule has 3 N–H and O–H groups in total. The molecule has 3 rings (SSSR count). The third-order valence-electron chi connectivity index (χ3n) is 7.02. The molecule has 0 spiro atoms. The lowest BCUT2D eigenvalue weighted by atomic mass is 9.62. The van der Waals surface area contributed by atoms with E-state index in [-0.39, 0.29) is 5.41 Å². The summed E-state index contributed by atoms with van der Waals surface area (Å²) in [6.07, 6.45) is 13.4. The van der Waals surface area contributed by atoms with E-state index in [9.17, 15) is 15.3 Å². The molecule has 3 aliphatic carbocycles. The van der Waals surface area contributed by atoms with Crippen molar-refractivity contribution in [1.82, 2.24) is 0 Å². The van der Waals surface area contributed by atoms with Gasteiger partial charge in [-0.15, -0.1) is 0 Å². The molecule has 2 saturated carbocycles. The smallest absolute Gasteiger partial charge is 0.119 e. The molecule has 0 aliphatic heterocycles. The minimum atomic E-state index is -0.926. The molecule has 5 atom stereocenters. The van der Waals surface area contributed by atoms with Crippen LogP contribution in [0.1, 0.15) is 79.1 Å². The van der Waals surface area contributed by atoms with Crippen LogP contribution in [0.15, 0.2) is 34.9 Å². The van der Waals surface area contributed by atoms with Gasteiger partial charge in [0.1, 0.15) is 5.60 Å². The molecule has 0 aromatic heterocycles. The van der Waals surface area contributed by atoms with Crippen LogP contribution in [0.3, 0.4) is 0 Å². The van der Waals surface area contributed by atoms with E-state index in [4.69, 9.17) is 0 Å². The van der Waals surface area contributed by atoms with E-state index in [0.29, 0.717) is 31.1 Å². The highest BCUT2D eigenvalue weighted by Crippen LogP contribution is 2.56. The Morgan fingerprint density at radius 2 is 1.93 bits per heavy atom. The maximum Gasteiger partial charge on any atom is 0.119 e. The van der Waals surface area contributed by atoms with Gasteiger partial charge >= 0.3 is 0 Å². The third kappa shape index (κ3) is 5.43. The Kier molecular flexibility index (Phi) is 6.78. The second kappa shape index (κ2) is 8.80. The summed E-state index contributed by atoms with van der Waals surface area (Å²) < 4.78 is 0. The van der Waals surface area contributed by atoms with Crippen LogP contribution in [0.5, 0.6) is 0 Å². The summed E-state index contributed by atoms with van der Waals surface area (Å²) in [4.78, 5) is 0. The van der Waals surface area contributed by atoms with E-state index in [1.165, 1.54) is 24.0 Å². The van der Waals surface area contributed by atoms with Crippen molar-refractivity contribution in [2.75, 3.05) is 0 Å². The molecular formula is C26H38O3. The van der Waals surface area contributed by atoms with Crippen molar-refractivity contribution in [3.8, 4) is 11.8 Å². The number of fused-ring (bicyclic) bond motifs is 1. The van der Waals surface area contributed by atoms with Gasteiger partial charge in [-0.1, -0.05) is 60.6 Å². The Balaban J connectivity index is 1.72. The SMILES string of the molecule is CC(CC#CC(C)(C)O)C1=CCC2/C(=C/C=C3CC(O)C[C@H](O)C3)CCC[C@]12C. The zero-order valence-corrected chi connectivity index (χ0v) is 18.5. The highest BCUT2D eigenvalue weighted by atomic mass is 16.3. The van der Waals surface area contributed by atoms with Gasteiger partial charge in [-0.05, 0) is 76.0 Å². The van der Waals surface area contributed by atoms with E-state index >= 15 is 0 Å². The van der Waals surface area contributed by atoms with E-state index in [1.54, 1.807) is 13.8 Å². The fraction of sp³-hybridized carbons (Fsp3) is 0.692. The topological polar surface area (TPSA) is 60.7 Å². The fourth-order valence-electron chi connectivity index (χ4n) is 5.68. The van der Waals surface area contributed by atoms with Crippen molar-refractivity contribution in [3.05, 3.63) is 34.9 Å². The molecule has 0 aromatic carbocycles. The van der Waals surface area contributed by atoms with E-state index < -0.39 is 17.8 Å². The summed E-state index contributed by atoms with van der Waals surface area (Å²) in [5.41, 5.74) is 3.49. The van der Waals surface area contributed by atoms with Gasteiger partial charge in [-0.3, -0.25) is 0 Å². The summed E-state index contributed by atoms with van der Waals surface area (Å²) in [6, 6.07) is 0. The number of aliphatic hydroxyl groups is 3. The lowest BCUT2D eigenvalue weighted by Gasteiger charge is -2.42. The molecule has 0 amide bonds. The minimum absolute atomic E-state index is 0.198. The van der Waals surface area contributed by atoms with Crippen molar-refractivity contribution in [2.45, 2.75) is 96.9 Å². The van der Waals surface area contributed by atoms with Gasteiger partial charge in [-0.25, -0.2) is 0 Å². The number of hydrogen-bond acceptors (Lipinski definition) is 3. The molecule has 3 aliphatic rings. The van der Waals surface area contributed by atoms with Gasteiger partial charge in [0.2, 0.25) is 0 Å². The highest BCUT2D eigenvalue weighted by molar-refractivity contribution is 5.35. The first-order valence-corrected chi connectivity index (χ1v) is 11.3. The van der Waals surface area contributed by atoms with Crippen molar-refractivity contribution < 1.29 is 15.3 Å². The van der Waals surface area contributed by atoms with Gasteiger partial charge < -0.3 is 15.3 Å². The molecule has 2 fully saturated rings. The van der Waals surface area contributed by atoms with Crippen LogP contribution in [0.4, 0.5) is 0 Å². The summed E-state index contributed by atoms with van der Waals surface area (Å²) in [6.45, 7) is 8.15. The number of hydrogen-bond donors (Lipinski definition) is 3. The van der Waals surface area contributed by atoms with Crippen molar-refractivity contribution in [2.24, 2.45) is 17.3 Å². The quantitative estimate of drug-likeness (QED) is 0.478. The summed E-state index contributed by atoms with van der Waals surface area (Å²) in [5.74, 6) is 7.09. The molecule has 3 nitrogen and oxygen atoms in total. The summed E-state index contributed by atoms with van der Waals surface area (Å²) in [7, 11) is 0. The van der Waals surface area contributed by atoms with Gasteiger partial charge in [0.25, 0.3) is 0 Å². The molecule has 0 aromatic rings. The molecule has 0 bridgehead atoms. The normalized spacial score (nSPS) is 36.4. The van der Waals surface area contributed by atoms with Crippen LogP contribution in [-0.2, 0) is 0 Å². The first-order valence-electron chi connectivity index (χ1n) is 11.3. The maximum absolute atomic E-state index is 9.94. The zero-order chi connectivity index (χ0) is 21.2. The predicted molar refractivity (Wildman–Crippen MR) is 118 cm³/mol. The minimum Gasteiger partial charge on any atom is -0.393 e. The maximum atomic E-state index is 9.94. The third-order valence-corrected chi connectivity index (χ3v) is 7.02. The molecule has 3 unspecified atom stereocenters. The fourth-order valence-corrected chi connectivity index (χ4v) is 5.68. The van der Waals surface area contributed by atoms with E-state index in [0.717, 1.165) is 24.8 Å². The first kappa shape index (κ1) is 22.3. The molecule has 0 heterocycles. The average molecular weight is 399 g/mol. The Morgan fingerprint density at radius 1 is 1.24 bits per heavy atom. The van der Waals surface area contributed by atoms with Gasteiger partial charge in [0, 0.05) is 6.42 Å². The average Bonchev–Trinajstić information content (AvgIpc) is 2.95. The highest BCUT2D eigenvalue weighted by Gasteiger charge is 2.45. The molecule has 29 heavy (non-hydrogen) atoms. The van der Waals surface area contributed by atoms with Gasteiger partial charge in [0.15, 0.2) is 0 Å². The van der Waals surface area contributed by atoms with Crippen LogP contribution in [0.2, 0.25) is 0 Å². The largest absolute Gasteiger partial charge is 0.393 e. The molecule has 0 radical (unpaired) electrons. The zero-order valence-electron chi connectivity index (χ0n) is 18.5. The van der Waals surface area contributed by atoms with Gasteiger partial charge in [0.05, 0.1) is 12.2 Å². The second-order valence-electron chi connectivity index (χ2n) is 10.2. The Labute approximate surface area is 176 Å². The summed E-state index contributed by atoms with van der Waals surface area (Å²) in [5, 5.41) is 29.7. The first-order chi connectivity index (χ1) is 13.6. The summed E-state index contributed by atoms with van der Waals surface area (Å²) >= 11 is 0. The monoisotopic (exact) mass is 398 g/mol. The molecule has 160 valence electrons. The Morgan fingerprint density at radius 3 is 2.59 bits per heavy atom. The second-order valence-corrected chi connectivity index (χ2v) is 10.2. The molecule has 3 heteroatoms. The number of rotatable bonds is 3. The van der Waals surface area contributed by atoms with E-state index in [1.807, 2.05) is 0 Å². The van der Waals surface area contributed by atoms with Crippen LogP contribution in [-0.4, -0.2) is 33.1 Å². The van der Waals surface area contributed by atoms with Crippen molar-refractivity contribution in [3.63, 3.8) is 0 Å². The van der Waals surface area contributed by atoms with Crippen molar-refractivity contribution in [1.29, 1.82) is 0 Å². The lowest BCUT2D eigenvalue weighted by Crippen LogP contribution is -2.32. The predicted octanol–water partition coefficient (Wildman–Crippen LogP) is 4.68. The number of allylic oxidation sites excluding steroid dienone is 5. The standard InChI is InChI=1S/C26H38O3/c1-18(7-5-13-25(2,3)29)23-11-12-24-20(8-6-14-26(23,24)4)10-9-19-15-21(27)17-22(28)16-19/h9-11,18,21-22,24,27-29H,6-8,12,14-17H2,1-4H3/b19-9?,20-10+/t18?,21-,22?,24?,26-/m1/s1.